The van der Waals surface area contributed by atoms with E-state index in [1.807, 2.05) is 67.7 Å². The number of hydrogen-bond acceptors (Lipinski definition) is 1. The lowest BCUT2D eigenvalue weighted by atomic mass is 10.0. The first-order valence-corrected chi connectivity index (χ1v) is 8.19. The number of carbonyl (C=O) groups is 1. The van der Waals surface area contributed by atoms with Gasteiger partial charge in [0.25, 0.3) is 5.91 Å². The van der Waals surface area contributed by atoms with Crippen LogP contribution in [0, 0.1) is 0 Å². The Labute approximate surface area is 143 Å². The summed E-state index contributed by atoms with van der Waals surface area (Å²) in [6.07, 6.45) is 0.866. The summed E-state index contributed by atoms with van der Waals surface area (Å²) in [5, 5.41) is 0. The molecule has 0 aromatic heterocycles. The highest BCUT2D eigenvalue weighted by Gasteiger charge is 2.11. The number of rotatable bonds is 5. The molecule has 0 heterocycles. The largest absolute Gasteiger partial charge is 0.341 e. The van der Waals surface area contributed by atoms with E-state index in [2.05, 4.69) is 24.3 Å². The summed E-state index contributed by atoms with van der Waals surface area (Å²) < 4.78 is 0. The fourth-order valence-corrected chi connectivity index (χ4v) is 2.70. The van der Waals surface area contributed by atoms with Crippen molar-refractivity contribution in [2.75, 3.05) is 13.6 Å². The molecule has 2 heteroatoms. The standard InChI is InChI=1S/C22H21NO/c1-23(17-16-18-8-4-2-5-9-18)22(24)21-14-12-20(13-15-21)19-10-6-3-7-11-19/h2-15H,16-17H2,1H3. The van der Waals surface area contributed by atoms with Crippen LogP contribution < -0.4 is 0 Å². The summed E-state index contributed by atoms with van der Waals surface area (Å²) in [6, 6.07) is 28.3. The highest BCUT2D eigenvalue weighted by Crippen LogP contribution is 2.19. The molecule has 0 N–H and O–H groups in total. The van der Waals surface area contributed by atoms with Crippen LogP contribution in [0.1, 0.15) is 15.9 Å². The Morgan fingerprint density at radius 2 is 1.29 bits per heavy atom. The lowest BCUT2D eigenvalue weighted by Gasteiger charge is -2.17. The predicted octanol–water partition coefficient (Wildman–Crippen LogP) is 4.67. The minimum absolute atomic E-state index is 0.0607. The lowest BCUT2D eigenvalue weighted by Crippen LogP contribution is -2.28. The quantitative estimate of drug-likeness (QED) is 0.670. The maximum atomic E-state index is 12.5. The third-order valence-corrected chi connectivity index (χ3v) is 4.16. The van der Waals surface area contributed by atoms with Crippen molar-refractivity contribution < 1.29 is 4.79 Å². The van der Waals surface area contributed by atoms with Crippen molar-refractivity contribution in [3.05, 3.63) is 96.1 Å². The van der Waals surface area contributed by atoms with Gasteiger partial charge >= 0.3 is 0 Å². The Hall–Kier alpha value is -2.87. The molecule has 0 aliphatic rings. The van der Waals surface area contributed by atoms with E-state index in [1.165, 1.54) is 5.56 Å². The van der Waals surface area contributed by atoms with Crippen molar-refractivity contribution in [3.63, 3.8) is 0 Å². The van der Waals surface area contributed by atoms with Gasteiger partial charge in [0.15, 0.2) is 0 Å². The van der Waals surface area contributed by atoms with Gasteiger partial charge in [0.05, 0.1) is 0 Å². The maximum Gasteiger partial charge on any atom is 0.253 e. The number of likely N-dealkylation sites (N-methyl/N-ethyl adjacent to an activating group) is 1. The van der Waals surface area contributed by atoms with Gasteiger partial charge in [-0.3, -0.25) is 4.79 Å². The molecule has 3 aromatic carbocycles. The van der Waals surface area contributed by atoms with Crippen LogP contribution in [-0.2, 0) is 6.42 Å². The fraction of sp³-hybridized carbons (Fsp3) is 0.136. The number of benzene rings is 3. The normalized spacial score (nSPS) is 10.4. The summed E-state index contributed by atoms with van der Waals surface area (Å²) in [7, 11) is 1.86. The Morgan fingerprint density at radius 1 is 0.750 bits per heavy atom. The second-order valence-electron chi connectivity index (χ2n) is 5.91. The van der Waals surface area contributed by atoms with Gasteiger partial charge < -0.3 is 4.90 Å². The van der Waals surface area contributed by atoms with Gasteiger partial charge in [-0.2, -0.15) is 0 Å². The molecule has 0 radical (unpaired) electrons. The van der Waals surface area contributed by atoms with Crippen molar-refractivity contribution in [1.29, 1.82) is 0 Å². The SMILES string of the molecule is CN(CCc1ccccc1)C(=O)c1ccc(-c2ccccc2)cc1. The molecular formula is C22H21NO. The van der Waals surface area contributed by atoms with Crippen LogP contribution in [0.4, 0.5) is 0 Å². The Bertz CT molecular complexity index is 779. The lowest BCUT2D eigenvalue weighted by molar-refractivity contribution is 0.0796. The third kappa shape index (κ3) is 3.90. The smallest absolute Gasteiger partial charge is 0.253 e. The summed E-state index contributed by atoms with van der Waals surface area (Å²) in [5.74, 6) is 0.0607. The van der Waals surface area contributed by atoms with Gasteiger partial charge in [-0.15, -0.1) is 0 Å². The molecule has 0 aliphatic carbocycles. The summed E-state index contributed by atoms with van der Waals surface area (Å²) >= 11 is 0. The van der Waals surface area contributed by atoms with Gasteiger partial charge in [0.1, 0.15) is 0 Å². The molecule has 0 bridgehead atoms. The fourth-order valence-electron chi connectivity index (χ4n) is 2.70. The van der Waals surface area contributed by atoms with E-state index in [9.17, 15) is 4.79 Å². The van der Waals surface area contributed by atoms with Crippen LogP contribution in [0.2, 0.25) is 0 Å². The van der Waals surface area contributed by atoms with E-state index in [-0.39, 0.29) is 5.91 Å². The second-order valence-corrected chi connectivity index (χ2v) is 5.91. The van der Waals surface area contributed by atoms with Gasteiger partial charge in [0.2, 0.25) is 0 Å². The molecule has 2 nitrogen and oxygen atoms in total. The zero-order chi connectivity index (χ0) is 16.8. The zero-order valence-corrected chi connectivity index (χ0v) is 13.9. The molecule has 0 spiro atoms. The molecule has 1 amide bonds. The summed E-state index contributed by atoms with van der Waals surface area (Å²) in [4.78, 5) is 14.3. The summed E-state index contributed by atoms with van der Waals surface area (Å²) in [5.41, 5.74) is 4.26. The first-order chi connectivity index (χ1) is 11.7. The van der Waals surface area contributed by atoms with E-state index in [0.717, 1.165) is 23.1 Å². The van der Waals surface area contributed by atoms with Gasteiger partial charge in [-0.25, -0.2) is 0 Å². The number of amides is 1. The average molecular weight is 315 g/mol. The first kappa shape index (κ1) is 16.0. The van der Waals surface area contributed by atoms with E-state index >= 15 is 0 Å². The van der Waals surface area contributed by atoms with Crippen LogP contribution in [0.25, 0.3) is 11.1 Å². The van der Waals surface area contributed by atoms with Gasteiger partial charge in [-0.1, -0.05) is 72.8 Å². The van der Waals surface area contributed by atoms with Crippen molar-refractivity contribution in [3.8, 4) is 11.1 Å². The van der Waals surface area contributed by atoms with Crippen LogP contribution >= 0.6 is 0 Å². The molecule has 0 unspecified atom stereocenters. The molecule has 0 fully saturated rings. The third-order valence-electron chi connectivity index (χ3n) is 4.16. The minimum Gasteiger partial charge on any atom is -0.341 e. The average Bonchev–Trinajstić information content (AvgIpc) is 2.67. The molecule has 3 aromatic rings. The minimum atomic E-state index is 0.0607. The van der Waals surface area contributed by atoms with E-state index in [0.29, 0.717) is 6.54 Å². The second kappa shape index (κ2) is 7.60. The van der Waals surface area contributed by atoms with Crippen LogP contribution in [0.3, 0.4) is 0 Å². The molecule has 120 valence electrons. The molecule has 24 heavy (non-hydrogen) atoms. The number of nitrogens with zero attached hydrogens (tertiary/aromatic N) is 1. The molecule has 0 saturated carbocycles. The Balaban J connectivity index is 1.64. The topological polar surface area (TPSA) is 20.3 Å². The number of hydrogen-bond donors (Lipinski definition) is 0. The molecular weight excluding hydrogens is 294 g/mol. The van der Waals surface area contributed by atoms with Crippen molar-refractivity contribution >= 4 is 5.91 Å². The van der Waals surface area contributed by atoms with Crippen LogP contribution in [0.15, 0.2) is 84.9 Å². The molecule has 0 aliphatic heterocycles. The van der Waals surface area contributed by atoms with Gasteiger partial charge in [0, 0.05) is 19.2 Å². The summed E-state index contributed by atoms with van der Waals surface area (Å²) in [6.45, 7) is 0.712. The highest BCUT2D eigenvalue weighted by atomic mass is 16.2. The van der Waals surface area contributed by atoms with Crippen LogP contribution in [-0.4, -0.2) is 24.4 Å². The van der Waals surface area contributed by atoms with Crippen LogP contribution in [0.5, 0.6) is 0 Å². The van der Waals surface area contributed by atoms with E-state index in [4.69, 9.17) is 0 Å². The first-order valence-electron chi connectivity index (χ1n) is 8.19. The van der Waals surface area contributed by atoms with E-state index in [1.54, 1.807) is 4.90 Å². The predicted molar refractivity (Wildman–Crippen MR) is 99.0 cm³/mol. The number of carbonyl (C=O) groups excluding carboxylic acids is 1. The Morgan fingerprint density at radius 3 is 1.92 bits per heavy atom. The van der Waals surface area contributed by atoms with Gasteiger partial charge in [-0.05, 0) is 35.2 Å². The monoisotopic (exact) mass is 315 g/mol. The molecule has 0 atom stereocenters. The highest BCUT2D eigenvalue weighted by molar-refractivity contribution is 5.94. The van der Waals surface area contributed by atoms with E-state index < -0.39 is 0 Å². The van der Waals surface area contributed by atoms with Crippen molar-refractivity contribution in [2.45, 2.75) is 6.42 Å². The zero-order valence-electron chi connectivity index (χ0n) is 13.9. The van der Waals surface area contributed by atoms with Crippen molar-refractivity contribution in [1.82, 2.24) is 4.90 Å². The molecule has 3 rings (SSSR count). The van der Waals surface area contributed by atoms with Crippen molar-refractivity contribution in [2.24, 2.45) is 0 Å². The molecule has 0 saturated heterocycles. The Kier molecular flexibility index (Phi) is 5.07. The maximum absolute atomic E-state index is 12.5.